The summed E-state index contributed by atoms with van der Waals surface area (Å²) in [5.41, 5.74) is 3.47. The molecule has 138 valence electrons. The molecule has 0 saturated heterocycles. The first-order valence-corrected chi connectivity index (χ1v) is 8.97. The molecule has 0 spiro atoms. The molecule has 1 amide bonds. The van der Waals surface area contributed by atoms with Crippen molar-refractivity contribution >= 4 is 28.9 Å². The first-order valence-electron chi connectivity index (χ1n) is 8.59. The number of carbonyl (C=O) groups is 1. The van der Waals surface area contributed by atoms with Crippen LogP contribution in [0.2, 0.25) is 5.02 Å². The number of hydrogen-bond donors (Lipinski definition) is 2. The number of nitrogens with one attached hydrogen (secondary N) is 2. The van der Waals surface area contributed by atoms with Gasteiger partial charge in [0.25, 0.3) is 5.91 Å². The summed E-state index contributed by atoms with van der Waals surface area (Å²) in [5.74, 6) is 0.430. The summed E-state index contributed by atoms with van der Waals surface area (Å²) in [7, 11) is 1.57. The van der Waals surface area contributed by atoms with E-state index in [0.717, 1.165) is 22.5 Å². The molecule has 0 aromatic heterocycles. The molecule has 0 saturated carbocycles. The van der Waals surface area contributed by atoms with Gasteiger partial charge in [0.2, 0.25) is 0 Å². The second-order valence-corrected chi connectivity index (χ2v) is 6.60. The zero-order chi connectivity index (χ0) is 19.2. The minimum absolute atomic E-state index is 0.156. The Hall–Kier alpha value is -2.98. The molecule has 0 unspecified atom stereocenters. The van der Waals surface area contributed by atoms with Gasteiger partial charge in [-0.05, 0) is 42.8 Å². The summed E-state index contributed by atoms with van der Waals surface area (Å²) >= 11 is 6.22. The Morgan fingerprint density at radius 1 is 0.963 bits per heavy atom. The molecule has 0 radical (unpaired) electrons. The van der Waals surface area contributed by atoms with Gasteiger partial charge in [-0.15, -0.1) is 0 Å². The molecule has 4 nitrogen and oxygen atoms in total. The van der Waals surface area contributed by atoms with Gasteiger partial charge in [0.1, 0.15) is 11.8 Å². The predicted molar refractivity (Wildman–Crippen MR) is 111 cm³/mol. The van der Waals surface area contributed by atoms with E-state index in [9.17, 15) is 4.79 Å². The average Bonchev–Trinajstić information content (AvgIpc) is 2.68. The van der Waals surface area contributed by atoms with Crippen molar-refractivity contribution in [1.82, 2.24) is 0 Å². The normalized spacial score (nSPS) is 11.5. The lowest BCUT2D eigenvalue weighted by Crippen LogP contribution is -2.27. The van der Waals surface area contributed by atoms with Crippen molar-refractivity contribution < 1.29 is 9.53 Å². The molecule has 0 aliphatic heterocycles. The Balaban J connectivity index is 1.86. The molecule has 5 heteroatoms. The number of methoxy groups -OCH3 is 1. The van der Waals surface area contributed by atoms with Gasteiger partial charge in [-0.25, -0.2) is 0 Å². The highest BCUT2D eigenvalue weighted by molar-refractivity contribution is 6.32. The van der Waals surface area contributed by atoms with Crippen LogP contribution in [0.1, 0.15) is 17.2 Å². The molecule has 3 aromatic carbocycles. The third-order valence-electron chi connectivity index (χ3n) is 4.18. The number of anilines is 2. The van der Waals surface area contributed by atoms with Crippen molar-refractivity contribution in [2.75, 3.05) is 17.7 Å². The van der Waals surface area contributed by atoms with E-state index in [1.54, 1.807) is 19.2 Å². The van der Waals surface area contributed by atoms with Crippen LogP contribution in [0.3, 0.4) is 0 Å². The van der Waals surface area contributed by atoms with Crippen molar-refractivity contribution in [3.63, 3.8) is 0 Å². The van der Waals surface area contributed by atoms with Gasteiger partial charge in [0.05, 0.1) is 12.1 Å². The van der Waals surface area contributed by atoms with Gasteiger partial charge in [-0.1, -0.05) is 59.6 Å². The fourth-order valence-corrected chi connectivity index (χ4v) is 2.98. The van der Waals surface area contributed by atoms with Gasteiger partial charge < -0.3 is 15.4 Å². The van der Waals surface area contributed by atoms with Gasteiger partial charge in [-0.2, -0.15) is 0 Å². The molecular weight excluding hydrogens is 360 g/mol. The molecule has 3 aromatic rings. The topological polar surface area (TPSA) is 50.4 Å². The van der Waals surface area contributed by atoms with Crippen molar-refractivity contribution in [2.45, 2.75) is 13.0 Å². The fourth-order valence-electron chi connectivity index (χ4n) is 2.72. The van der Waals surface area contributed by atoms with E-state index in [1.165, 1.54) is 0 Å². The summed E-state index contributed by atoms with van der Waals surface area (Å²) in [6.07, 6.45) is 0. The minimum Gasteiger partial charge on any atom is -0.495 e. The standard InChI is InChI=1S/C22H21ClN2O2/c1-15-8-10-17(11-9-15)25-22(26)21(16-6-4-3-5-7-16)24-18-12-13-20(27-2)19(23)14-18/h3-14,21,24H,1-2H3,(H,25,26)/t21-/m1/s1. The predicted octanol–water partition coefficient (Wildman–Crippen LogP) is 5.45. The summed E-state index contributed by atoms with van der Waals surface area (Å²) in [4.78, 5) is 13.0. The Bertz CT molecular complexity index is 911. The van der Waals surface area contributed by atoms with E-state index in [0.29, 0.717) is 10.8 Å². The molecule has 1 atom stereocenters. The van der Waals surface area contributed by atoms with Gasteiger partial charge in [-0.3, -0.25) is 4.79 Å². The Kier molecular flexibility index (Phi) is 5.99. The SMILES string of the molecule is COc1ccc(N[C@@H](C(=O)Nc2ccc(C)cc2)c2ccccc2)cc1Cl. The third-order valence-corrected chi connectivity index (χ3v) is 4.47. The van der Waals surface area contributed by atoms with Crippen LogP contribution in [0.15, 0.2) is 72.8 Å². The number of carbonyl (C=O) groups excluding carboxylic acids is 1. The van der Waals surface area contributed by atoms with Crippen molar-refractivity contribution in [2.24, 2.45) is 0 Å². The maximum atomic E-state index is 13.0. The second kappa shape index (κ2) is 8.60. The average molecular weight is 381 g/mol. The number of benzene rings is 3. The molecule has 0 bridgehead atoms. The number of aryl methyl sites for hydroxylation is 1. The van der Waals surface area contributed by atoms with E-state index < -0.39 is 6.04 Å². The summed E-state index contributed by atoms with van der Waals surface area (Å²) < 4.78 is 5.19. The highest BCUT2D eigenvalue weighted by Crippen LogP contribution is 2.29. The van der Waals surface area contributed by atoms with Crippen LogP contribution in [0.4, 0.5) is 11.4 Å². The first-order chi connectivity index (χ1) is 13.1. The highest BCUT2D eigenvalue weighted by atomic mass is 35.5. The second-order valence-electron chi connectivity index (χ2n) is 6.19. The van der Waals surface area contributed by atoms with Crippen molar-refractivity contribution in [3.05, 3.63) is 88.9 Å². The molecule has 27 heavy (non-hydrogen) atoms. The van der Waals surface area contributed by atoms with Gasteiger partial charge >= 0.3 is 0 Å². The van der Waals surface area contributed by atoms with Crippen LogP contribution in [-0.4, -0.2) is 13.0 Å². The van der Waals surface area contributed by atoms with Gasteiger partial charge in [0.15, 0.2) is 0 Å². The highest BCUT2D eigenvalue weighted by Gasteiger charge is 2.21. The number of rotatable bonds is 6. The van der Waals surface area contributed by atoms with Crippen LogP contribution in [-0.2, 0) is 4.79 Å². The summed E-state index contributed by atoms with van der Waals surface area (Å²) in [6, 6.07) is 22.0. The zero-order valence-corrected chi connectivity index (χ0v) is 16.0. The molecule has 0 aliphatic rings. The molecule has 0 fully saturated rings. The molecular formula is C22H21ClN2O2. The number of halogens is 1. The van der Waals surface area contributed by atoms with E-state index >= 15 is 0 Å². The smallest absolute Gasteiger partial charge is 0.251 e. The fraction of sp³-hybridized carbons (Fsp3) is 0.136. The van der Waals surface area contributed by atoms with E-state index in [2.05, 4.69) is 10.6 Å². The third kappa shape index (κ3) is 4.80. The monoisotopic (exact) mass is 380 g/mol. The van der Waals surface area contributed by atoms with Crippen LogP contribution >= 0.6 is 11.6 Å². The largest absolute Gasteiger partial charge is 0.495 e. The van der Waals surface area contributed by atoms with E-state index in [-0.39, 0.29) is 5.91 Å². The Morgan fingerprint density at radius 2 is 1.63 bits per heavy atom. The maximum absolute atomic E-state index is 13.0. The van der Waals surface area contributed by atoms with Crippen molar-refractivity contribution in [3.8, 4) is 5.75 Å². The number of amides is 1. The van der Waals surface area contributed by atoms with E-state index in [1.807, 2.05) is 67.6 Å². The summed E-state index contributed by atoms with van der Waals surface area (Å²) in [6.45, 7) is 2.01. The van der Waals surface area contributed by atoms with Crippen LogP contribution in [0.25, 0.3) is 0 Å². The Labute approximate surface area is 164 Å². The van der Waals surface area contributed by atoms with Crippen LogP contribution < -0.4 is 15.4 Å². The molecule has 3 rings (SSSR count). The van der Waals surface area contributed by atoms with Crippen LogP contribution in [0, 0.1) is 6.92 Å². The molecule has 0 aliphatic carbocycles. The Morgan fingerprint density at radius 3 is 2.26 bits per heavy atom. The summed E-state index contributed by atoms with van der Waals surface area (Å²) in [5, 5.41) is 6.71. The zero-order valence-electron chi connectivity index (χ0n) is 15.2. The quantitative estimate of drug-likeness (QED) is 0.597. The lowest BCUT2D eigenvalue weighted by atomic mass is 10.1. The first kappa shape index (κ1) is 18.8. The minimum atomic E-state index is -0.572. The molecule has 2 N–H and O–H groups in total. The van der Waals surface area contributed by atoms with Crippen molar-refractivity contribution in [1.29, 1.82) is 0 Å². The van der Waals surface area contributed by atoms with E-state index in [4.69, 9.17) is 16.3 Å². The van der Waals surface area contributed by atoms with Gasteiger partial charge in [0, 0.05) is 11.4 Å². The maximum Gasteiger partial charge on any atom is 0.251 e. The number of hydrogen-bond acceptors (Lipinski definition) is 3. The number of ether oxygens (including phenoxy) is 1. The lowest BCUT2D eigenvalue weighted by Gasteiger charge is -2.20. The molecule has 0 heterocycles. The van der Waals surface area contributed by atoms with Crippen LogP contribution in [0.5, 0.6) is 5.75 Å². The lowest BCUT2D eigenvalue weighted by molar-refractivity contribution is -0.117.